The molecule has 4 heteroatoms. The predicted molar refractivity (Wildman–Crippen MR) is 74.9 cm³/mol. The van der Waals surface area contributed by atoms with Crippen LogP contribution in [0.2, 0.25) is 0 Å². The van der Waals surface area contributed by atoms with E-state index in [2.05, 4.69) is 38.5 Å². The summed E-state index contributed by atoms with van der Waals surface area (Å²) in [4.78, 5) is 12.3. The van der Waals surface area contributed by atoms with Crippen molar-refractivity contribution in [2.75, 3.05) is 13.1 Å². The Morgan fingerprint density at radius 3 is 2.79 bits per heavy atom. The highest BCUT2D eigenvalue weighted by atomic mass is 15.0. The van der Waals surface area contributed by atoms with Gasteiger partial charge in [0.1, 0.15) is 5.69 Å². The molecule has 4 rings (SSSR count). The van der Waals surface area contributed by atoms with Crippen LogP contribution in [-0.2, 0) is 0 Å². The van der Waals surface area contributed by atoms with Gasteiger partial charge in [-0.05, 0) is 29.8 Å². The van der Waals surface area contributed by atoms with Gasteiger partial charge in [0, 0.05) is 25.2 Å². The van der Waals surface area contributed by atoms with Crippen LogP contribution in [0.5, 0.6) is 0 Å². The van der Waals surface area contributed by atoms with Gasteiger partial charge in [-0.1, -0.05) is 12.1 Å². The Balaban J connectivity index is 1.78. The molecule has 2 aromatic heterocycles. The molecule has 2 N–H and O–H groups in total. The third-order valence-electron chi connectivity index (χ3n) is 3.67. The Morgan fingerprint density at radius 2 is 2.05 bits per heavy atom. The fraction of sp³-hybridized carbons (Fsp3) is 0.200. The smallest absolute Gasteiger partial charge is 0.157 e. The molecule has 0 radical (unpaired) electrons. The zero-order valence-corrected chi connectivity index (χ0v) is 10.4. The van der Waals surface area contributed by atoms with E-state index in [1.54, 1.807) is 6.20 Å². The normalized spacial score (nSPS) is 15.6. The zero-order valence-electron chi connectivity index (χ0n) is 10.4. The van der Waals surface area contributed by atoms with Crippen LogP contribution in [0.15, 0.2) is 42.6 Å². The van der Waals surface area contributed by atoms with Crippen molar-refractivity contribution in [1.29, 1.82) is 0 Å². The number of aromatic nitrogens is 3. The van der Waals surface area contributed by atoms with Crippen LogP contribution in [0.4, 0.5) is 0 Å². The van der Waals surface area contributed by atoms with Crippen LogP contribution in [0.25, 0.3) is 22.6 Å². The van der Waals surface area contributed by atoms with Crippen molar-refractivity contribution in [3.63, 3.8) is 0 Å². The Morgan fingerprint density at radius 1 is 1.11 bits per heavy atom. The van der Waals surface area contributed by atoms with Crippen LogP contribution in [0, 0.1) is 0 Å². The van der Waals surface area contributed by atoms with E-state index < -0.39 is 0 Å². The highest BCUT2D eigenvalue weighted by Crippen LogP contribution is 2.25. The molecule has 0 bridgehead atoms. The monoisotopic (exact) mass is 250 g/mol. The van der Waals surface area contributed by atoms with Gasteiger partial charge in [-0.15, -0.1) is 0 Å². The molecule has 4 nitrogen and oxygen atoms in total. The Labute approximate surface area is 110 Å². The van der Waals surface area contributed by atoms with E-state index in [9.17, 15) is 0 Å². The lowest BCUT2D eigenvalue weighted by molar-refractivity contribution is 0.449. The number of benzene rings is 1. The van der Waals surface area contributed by atoms with E-state index in [-0.39, 0.29) is 0 Å². The van der Waals surface area contributed by atoms with Gasteiger partial charge in [0.2, 0.25) is 0 Å². The van der Waals surface area contributed by atoms with Crippen molar-refractivity contribution in [2.45, 2.75) is 5.92 Å². The SMILES string of the molecule is c1ccc(-c2nc3ccc(C4CNC4)cc3[nH]2)nc1. The quantitative estimate of drug-likeness (QED) is 0.734. The number of imidazole rings is 1. The minimum Gasteiger partial charge on any atom is -0.337 e. The Kier molecular flexibility index (Phi) is 2.35. The summed E-state index contributed by atoms with van der Waals surface area (Å²) in [5, 5.41) is 3.30. The van der Waals surface area contributed by atoms with Crippen molar-refractivity contribution >= 4 is 11.0 Å². The first-order valence-corrected chi connectivity index (χ1v) is 6.52. The Bertz CT molecular complexity index is 713. The Hall–Kier alpha value is -2.20. The number of hydrogen-bond acceptors (Lipinski definition) is 3. The van der Waals surface area contributed by atoms with Crippen LogP contribution in [0.3, 0.4) is 0 Å². The van der Waals surface area contributed by atoms with Gasteiger partial charge >= 0.3 is 0 Å². The molecular weight excluding hydrogens is 236 g/mol. The van der Waals surface area contributed by atoms with Crippen molar-refractivity contribution in [2.24, 2.45) is 0 Å². The molecule has 0 amide bonds. The number of rotatable bonds is 2. The van der Waals surface area contributed by atoms with Gasteiger partial charge in [-0.3, -0.25) is 4.98 Å². The molecule has 1 aliphatic heterocycles. The topological polar surface area (TPSA) is 53.6 Å². The number of fused-ring (bicyclic) bond motifs is 1. The van der Waals surface area contributed by atoms with E-state index >= 15 is 0 Å². The van der Waals surface area contributed by atoms with Gasteiger partial charge < -0.3 is 10.3 Å². The van der Waals surface area contributed by atoms with Gasteiger partial charge in [0.25, 0.3) is 0 Å². The number of hydrogen-bond donors (Lipinski definition) is 2. The largest absolute Gasteiger partial charge is 0.337 e. The molecule has 0 spiro atoms. The van der Waals surface area contributed by atoms with Crippen molar-refractivity contribution < 1.29 is 0 Å². The molecule has 94 valence electrons. The van der Waals surface area contributed by atoms with Crippen molar-refractivity contribution in [1.82, 2.24) is 20.3 Å². The van der Waals surface area contributed by atoms with Crippen LogP contribution in [0.1, 0.15) is 11.5 Å². The number of nitrogens with zero attached hydrogens (tertiary/aromatic N) is 2. The summed E-state index contributed by atoms with van der Waals surface area (Å²) in [6, 6.07) is 12.3. The third-order valence-corrected chi connectivity index (χ3v) is 3.67. The standard InChI is InChI=1S/C15H14N4/c1-2-6-17-13(3-1)15-18-12-5-4-10(7-14(12)19-15)11-8-16-9-11/h1-7,11,16H,8-9H2,(H,18,19). The van der Waals surface area contributed by atoms with Crippen molar-refractivity contribution in [3.8, 4) is 11.5 Å². The first-order valence-electron chi connectivity index (χ1n) is 6.52. The lowest BCUT2D eigenvalue weighted by Crippen LogP contribution is -2.39. The van der Waals surface area contributed by atoms with Gasteiger partial charge in [0.15, 0.2) is 5.82 Å². The van der Waals surface area contributed by atoms with Crippen molar-refractivity contribution in [3.05, 3.63) is 48.2 Å². The summed E-state index contributed by atoms with van der Waals surface area (Å²) in [7, 11) is 0. The predicted octanol–water partition coefficient (Wildman–Crippen LogP) is 2.31. The van der Waals surface area contributed by atoms with E-state index in [0.717, 1.165) is 35.6 Å². The van der Waals surface area contributed by atoms with Crippen LogP contribution >= 0.6 is 0 Å². The second kappa shape index (κ2) is 4.17. The highest BCUT2D eigenvalue weighted by molar-refractivity contribution is 5.79. The minimum absolute atomic E-state index is 0.644. The molecule has 0 saturated carbocycles. The van der Waals surface area contributed by atoms with Gasteiger partial charge in [-0.25, -0.2) is 4.98 Å². The number of pyridine rings is 1. The molecule has 0 aliphatic carbocycles. The molecule has 3 heterocycles. The maximum atomic E-state index is 4.59. The summed E-state index contributed by atoms with van der Waals surface area (Å²) < 4.78 is 0. The second-order valence-corrected chi connectivity index (χ2v) is 4.93. The average Bonchev–Trinajstić information content (AvgIpc) is 2.81. The minimum atomic E-state index is 0.644. The number of H-pyrrole nitrogens is 1. The first-order chi connectivity index (χ1) is 9.40. The summed E-state index contributed by atoms with van der Waals surface area (Å²) in [5.74, 6) is 1.48. The van der Waals surface area contributed by atoms with Crippen LogP contribution < -0.4 is 5.32 Å². The molecule has 1 saturated heterocycles. The fourth-order valence-corrected chi connectivity index (χ4v) is 2.43. The maximum Gasteiger partial charge on any atom is 0.157 e. The molecule has 1 aliphatic rings. The average molecular weight is 250 g/mol. The van der Waals surface area contributed by atoms with E-state index in [4.69, 9.17) is 0 Å². The molecular formula is C15H14N4. The summed E-state index contributed by atoms with van der Waals surface area (Å²) in [5.41, 5.74) is 4.34. The lowest BCUT2D eigenvalue weighted by atomic mass is 9.93. The summed E-state index contributed by atoms with van der Waals surface area (Å²) in [6.07, 6.45) is 1.79. The molecule has 0 atom stereocenters. The zero-order chi connectivity index (χ0) is 12.7. The maximum absolute atomic E-state index is 4.59. The summed E-state index contributed by atoms with van der Waals surface area (Å²) >= 11 is 0. The second-order valence-electron chi connectivity index (χ2n) is 4.93. The van der Waals surface area contributed by atoms with E-state index in [1.165, 1.54) is 5.56 Å². The van der Waals surface area contributed by atoms with E-state index in [0.29, 0.717) is 5.92 Å². The molecule has 1 aromatic carbocycles. The molecule has 0 unspecified atom stereocenters. The highest BCUT2D eigenvalue weighted by Gasteiger charge is 2.19. The van der Waals surface area contributed by atoms with Gasteiger partial charge in [-0.2, -0.15) is 0 Å². The molecule has 1 fully saturated rings. The number of nitrogens with one attached hydrogen (secondary N) is 2. The summed E-state index contributed by atoms with van der Waals surface area (Å²) in [6.45, 7) is 2.15. The fourth-order valence-electron chi connectivity index (χ4n) is 2.43. The van der Waals surface area contributed by atoms with Gasteiger partial charge in [0.05, 0.1) is 11.0 Å². The lowest BCUT2D eigenvalue weighted by Gasteiger charge is -2.27. The molecule has 19 heavy (non-hydrogen) atoms. The van der Waals surface area contributed by atoms with E-state index in [1.807, 2.05) is 18.2 Å². The number of aromatic amines is 1. The van der Waals surface area contributed by atoms with Crippen LogP contribution in [-0.4, -0.2) is 28.0 Å². The molecule has 3 aromatic rings. The third kappa shape index (κ3) is 1.81. The first kappa shape index (κ1) is 10.7.